The van der Waals surface area contributed by atoms with Crippen LogP contribution in [0.5, 0.6) is 5.88 Å². The molecule has 0 amide bonds. The third-order valence-electron chi connectivity index (χ3n) is 5.96. The van der Waals surface area contributed by atoms with Crippen LogP contribution in [0.3, 0.4) is 0 Å². The highest BCUT2D eigenvalue weighted by Crippen LogP contribution is 2.66. The van der Waals surface area contributed by atoms with E-state index >= 15 is 0 Å². The molecule has 0 radical (unpaired) electrons. The summed E-state index contributed by atoms with van der Waals surface area (Å²) in [4.78, 5) is 4.43. The van der Waals surface area contributed by atoms with Gasteiger partial charge in [0.25, 0.3) is 0 Å². The van der Waals surface area contributed by atoms with Crippen molar-refractivity contribution in [3.63, 3.8) is 0 Å². The summed E-state index contributed by atoms with van der Waals surface area (Å²) < 4.78 is 7.31. The predicted octanol–water partition coefficient (Wildman–Crippen LogP) is 4.75. The summed E-state index contributed by atoms with van der Waals surface area (Å²) >= 11 is 3.45. The lowest BCUT2D eigenvalue weighted by molar-refractivity contribution is 0.0268. The van der Waals surface area contributed by atoms with Gasteiger partial charge in [-0.25, -0.2) is 4.98 Å². The summed E-state index contributed by atoms with van der Waals surface area (Å²) in [5, 5.41) is 0. The van der Waals surface area contributed by atoms with Crippen molar-refractivity contribution < 1.29 is 4.74 Å². The zero-order valence-corrected chi connectivity index (χ0v) is 13.8. The van der Waals surface area contributed by atoms with Crippen molar-refractivity contribution in [2.45, 2.75) is 53.1 Å². The first-order valence-electron chi connectivity index (χ1n) is 7.13. The third-order valence-corrected chi connectivity index (χ3v) is 6.40. The maximum Gasteiger partial charge on any atom is 0.216 e. The summed E-state index contributed by atoms with van der Waals surface area (Å²) in [6.07, 6.45) is 5.96. The van der Waals surface area contributed by atoms with Crippen LogP contribution in [0.1, 0.15) is 45.6 Å². The average Bonchev–Trinajstić information content (AvgIpc) is 2.65. The number of fused-ring (bicyclic) bond motifs is 2. The second-order valence-electron chi connectivity index (χ2n) is 6.99. The van der Waals surface area contributed by atoms with Crippen LogP contribution in [-0.4, -0.2) is 11.1 Å². The Hall–Kier alpha value is -0.570. The molecule has 0 N–H and O–H groups in total. The van der Waals surface area contributed by atoms with E-state index in [1.807, 2.05) is 6.20 Å². The molecule has 3 rings (SSSR count). The van der Waals surface area contributed by atoms with Gasteiger partial charge in [0, 0.05) is 21.6 Å². The van der Waals surface area contributed by atoms with Gasteiger partial charge in [-0.1, -0.05) is 20.8 Å². The molecule has 1 heterocycles. The van der Waals surface area contributed by atoms with Gasteiger partial charge in [-0.15, -0.1) is 0 Å². The molecule has 1 aromatic rings. The van der Waals surface area contributed by atoms with Crippen molar-refractivity contribution in [1.29, 1.82) is 0 Å². The highest BCUT2D eigenvalue weighted by Gasteiger charge is 2.62. The van der Waals surface area contributed by atoms with E-state index in [2.05, 4.69) is 54.7 Å². The maximum absolute atomic E-state index is 6.30. The topological polar surface area (TPSA) is 22.1 Å². The molecule has 1 aromatic heterocycles. The standard InChI is InChI=1S/C16H22BrNO/c1-10-7-12(17)9-18-14(10)19-13-8-11-5-6-16(13,4)15(11,2)3/h7,9,11,13H,5-6,8H2,1-4H3. The van der Waals surface area contributed by atoms with Crippen LogP contribution in [0.2, 0.25) is 0 Å². The summed E-state index contributed by atoms with van der Waals surface area (Å²) in [6.45, 7) is 9.29. The Morgan fingerprint density at radius 1 is 1.37 bits per heavy atom. The van der Waals surface area contributed by atoms with Crippen molar-refractivity contribution >= 4 is 15.9 Å². The molecule has 3 heteroatoms. The molecule has 2 nitrogen and oxygen atoms in total. The Balaban J connectivity index is 1.86. The van der Waals surface area contributed by atoms with Crippen LogP contribution in [0.15, 0.2) is 16.7 Å². The van der Waals surface area contributed by atoms with Gasteiger partial charge in [-0.3, -0.25) is 0 Å². The quantitative estimate of drug-likeness (QED) is 0.783. The molecule has 2 saturated carbocycles. The minimum atomic E-state index is 0.291. The Kier molecular flexibility index (Phi) is 2.97. The highest BCUT2D eigenvalue weighted by molar-refractivity contribution is 9.10. The van der Waals surface area contributed by atoms with Gasteiger partial charge in [0.1, 0.15) is 6.10 Å². The van der Waals surface area contributed by atoms with Crippen molar-refractivity contribution in [1.82, 2.24) is 4.98 Å². The first-order valence-corrected chi connectivity index (χ1v) is 7.93. The lowest BCUT2D eigenvalue weighted by Crippen LogP contribution is -2.39. The molecule has 3 atom stereocenters. The van der Waals surface area contributed by atoms with Crippen LogP contribution in [-0.2, 0) is 0 Å². The van der Waals surface area contributed by atoms with Gasteiger partial charge < -0.3 is 4.74 Å². The predicted molar refractivity (Wildman–Crippen MR) is 80.3 cm³/mol. The van der Waals surface area contributed by atoms with E-state index in [1.165, 1.54) is 19.3 Å². The van der Waals surface area contributed by atoms with Crippen LogP contribution >= 0.6 is 15.9 Å². The largest absolute Gasteiger partial charge is 0.474 e. The third kappa shape index (κ3) is 1.84. The second-order valence-corrected chi connectivity index (χ2v) is 7.91. The van der Waals surface area contributed by atoms with E-state index in [0.29, 0.717) is 16.9 Å². The molecule has 0 aromatic carbocycles. The van der Waals surface area contributed by atoms with E-state index in [9.17, 15) is 0 Å². The zero-order valence-electron chi connectivity index (χ0n) is 12.2. The minimum Gasteiger partial charge on any atom is -0.474 e. The number of nitrogens with zero attached hydrogens (tertiary/aromatic N) is 1. The number of pyridine rings is 1. The van der Waals surface area contributed by atoms with E-state index in [0.717, 1.165) is 21.8 Å². The Labute approximate surface area is 124 Å². The lowest BCUT2D eigenvalue weighted by Gasteiger charge is -2.38. The second kappa shape index (κ2) is 4.21. The molecule has 2 bridgehead atoms. The highest BCUT2D eigenvalue weighted by atomic mass is 79.9. The van der Waals surface area contributed by atoms with Gasteiger partial charge in [-0.05, 0) is 59.5 Å². The summed E-state index contributed by atoms with van der Waals surface area (Å²) in [5.41, 5.74) is 1.79. The molecule has 0 saturated heterocycles. The first-order chi connectivity index (χ1) is 8.84. The molecular weight excluding hydrogens is 302 g/mol. The molecule has 2 fully saturated rings. The van der Waals surface area contributed by atoms with E-state index < -0.39 is 0 Å². The molecule has 104 valence electrons. The summed E-state index contributed by atoms with van der Waals surface area (Å²) in [5.74, 6) is 1.61. The zero-order chi connectivity index (χ0) is 13.8. The number of halogens is 1. The number of rotatable bonds is 2. The molecule has 0 spiro atoms. The minimum absolute atomic E-state index is 0.291. The summed E-state index contributed by atoms with van der Waals surface area (Å²) in [6, 6.07) is 2.07. The molecule has 2 aliphatic carbocycles. The fourth-order valence-corrected chi connectivity index (χ4v) is 4.54. The average molecular weight is 324 g/mol. The van der Waals surface area contributed by atoms with E-state index in [-0.39, 0.29) is 0 Å². The van der Waals surface area contributed by atoms with Gasteiger partial charge in [0.05, 0.1) is 0 Å². The van der Waals surface area contributed by atoms with Crippen LogP contribution in [0.4, 0.5) is 0 Å². The fraction of sp³-hybridized carbons (Fsp3) is 0.688. The molecule has 0 aliphatic heterocycles. The van der Waals surface area contributed by atoms with Crippen LogP contribution < -0.4 is 4.74 Å². The smallest absolute Gasteiger partial charge is 0.216 e. The fourth-order valence-electron chi connectivity index (χ4n) is 4.09. The Morgan fingerprint density at radius 3 is 2.63 bits per heavy atom. The normalized spacial score (nSPS) is 35.6. The number of hydrogen-bond acceptors (Lipinski definition) is 2. The number of ether oxygens (including phenoxy) is 1. The van der Waals surface area contributed by atoms with Gasteiger partial charge >= 0.3 is 0 Å². The lowest BCUT2D eigenvalue weighted by atomic mass is 9.70. The van der Waals surface area contributed by atoms with Crippen molar-refractivity contribution in [3.8, 4) is 5.88 Å². The van der Waals surface area contributed by atoms with Gasteiger partial charge in [-0.2, -0.15) is 0 Å². The molecule has 2 aliphatic rings. The summed E-state index contributed by atoms with van der Waals surface area (Å²) in [7, 11) is 0. The first kappa shape index (κ1) is 13.4. The molecule has 19 heavy (non-hydrogen) atoms. The van der Waals surface area contributed by atoms with E-state index in [4.69, 9.17) is 4.74 Å². The van der Waals surface area contributed by atoms with Crippen LogP contribution in [0.25, 0.3) is 0 Å². The number of aryl methyl sites for hydroxylation is 1. The molecular formula is C16H22BrNO. The Bertz CT molecular complexity index is 513. The SMILES string of the molecule is Cc1cc(Br)cnc1OC1CC2CCC1(C)C2(C)C. The van der Waals surface area contributed by atoms with Crippen molar-refractivity contribution in [2.75, 3.05) is 0 Å². The van der Waals surface area contributed by atoms with Gasteiger partial charge in [0.2, 0.25) is 5.88 Å². The molecule has 3 unspecified atom stereocenters. The van der Waals surface area contributed by atoms with Crippen molar-refractivity contribution in [2.24, 2.45) is 16.7 Å². The number of hydrogen-bond donors (Lipinski definition) is 0. The van der Waals surface area contributed by atoms with Gasteiger partial charge in [0.15, 0.2) is 0 Å². The van der Waals surface area contributed by atoms with Crippen LogP contribution in [0, 0.1) is 23.7 Å². The Morgan fingerprint density at radius 2 is 2.11 bits per heavy atom. The monoisotopic (exact) mass is 323 g/mol. The van der Waals surface area contributed by atoms with E-state index in [1.54, 1.807) is 0 Å². The maximum atomic E-state index is 6.30. The van der Waals surface area contributed by atoms with Crippen molar-refractivity contribution in [3.05, 3.63) is 22.3 Å². The number of aromatic nitrogens is 1.